The molecule has 6 nitrogen and oxygen atoms in total. The number of rotatable bonds is 3. The lowest BCUT2D eigenvalue weighted by molar-refractivity contribution is 0.0686. The number of halogens is 2. The highest BCUT2D eigenvalue weighted by atomic mass is 79.9. The summed E-state index contributed by atoms with van der Waals surface area (Å²) < 4.78 is 16.3. The van der Waals surface area contributed by atoms with Gasteiger partial charge in [-0.05, 0) is 71.6 Å². The maximum absolute atomic E-state index is 14.0. The van der Waals surface area contributed by atoms with Crippen molar-refractivity contribution in [3.05, 3.63) is 62.6 Å². The maximum atomic E-state index is 14.0. The van der Waals surface area contributed by atoms with E-state index in [1.165, 1.54) is 12.1 Å². The zero-order valence-corrected chi connectivity index (χ0v) is 18.9. The number of hydrogen-bond acceptors (Lipinski definition) is 4. The monoisotopic (exact) mass is 472 g/mol. The third kappa shape index (κ3) is 2.85. The molecule has 1 aromatic carbocycles. The van der Waals surface area contributed by atoms with E-state index >= 15 is 0 Å². The van der Waals surface area contributed by atoms with Crippen molar-refractivity contribution in [1.29, 1.82) is 0 Å². The van der Waals surface area contributed by atoms with Gasteiger partial charge in [0.25, 0.3) is 0 Å². The van der Waals surface area contributed by atoms with Gasteiger partial charge in [0.05, 0.1) is 16.9 Å². The Kier molecular flexibility index (Phi) is 4.73. The number of benzene rings is 1. The van der Waals surface area contributed by atoms with Crippen LogP contribution in [-0.2, 0) is 12.6 Å². The van der Waals surface area contributed by atoms with E-state index < -0.39 is 11.5 Å². The molecule has 0 amide bonds. The van der Waals surface area contributed by atoms with Crippen LogP contribution in [0.2, 0.25) is 0 Å². The first-order chi connectivity index (χ1) is 14.1. The minimum absolute atomic E-state index is 0.0146. The quantitative estimate of drug-likeness (QED) is 0.551. The van der Waals surface area contributed by atoms with Crippen molar-refractivity contribution in [1.82, 2.24) is 14.8 Å². The summed E-state index contributed by atoms with van der Waals surface area (Å²) in [6.07, 6.45) is 1.67. The van der Waals surface area contributed by atoms with Crippen LogP contribution in [0.3, 0.4) is 0 Å². The van der Waals surface area contributed by atoms with E-state index in [9.17, 15) is 14.3 Å². The standard InChI is InChI=1S/C22H22BrFN4O2/c1-10-8-13(24)9-11(2)15(10)12(3)22(4)16-18(21(29)30)27-28(5)20(16)19-17(26-22)14(23)6-7-25-19/h6-9,12,26H,1-5H3,(H,29,30). The lowest BCUT2D eigenvalue weighted by Crippen LogP contribution is -2.42. The summed E-state index contributed by atoms with van der Waals surface area (Å²) in [5, 5.41) is 17.8. The minimum Gasteiger partial charge on any atom is -0.476 e. The fourth-order valence-corrected chi connectivity index (χ4v) is 5.12. The lowest BCUT2D eigenvalue weighted by Gasteiger charge is -2.43. The molecule has 0 bridgehead atoms. The number of nitrogens with zero attached hydrogens (tertiary/aromatic N) is 3. The topological polar surface area (TPSA) is 80.0 Å². The predicted molar refractivity (Wildman–Crippen MR) is 116 cm³/mol. The van der Waals surface area contributed by atoms with Gasteiger partial charge in [-0.25, -0.2) is 9.18 Å². The smallest absolute Gasteiger partial charge is 0.356 e. The molecule has 4 rings (SSSR count). The van der Waals surface area contributed by atoms with Crippen molar-refractivity contribution in [2.45, 2.75) is 39.2 Å². The van der Waals surface area contributed by atoms with E-state index in [2.05, 4.69) is 31.3 Å². The summed E-state index contributed by atoms with van der Waals surface area (Å²) >= 11 is 3.59. The van der Waals surface area contributed by atoms with Crippen LogP contribution in [-0.4, -0.2) is 25.8 Å². The highest BCUT2D eigenvalue weighted by Gasteiger charge is 2.47. The third-order valence-corrected chi connectivity index (χ3v) is 6.80. The normalized spacial score (nSPS) is 18.4. The first kappa shape index (κ1) is 20.5. The number of pyridine rings is 1. The molecule has 0 radical (unpaired) electrons. The van der Waals surface area contributed by atoms with Crippen molar-refractivity contribution in [2.24, 2.45) is 7.05 Å². The second-order valence-corrected chi connectivity index (χ2v) is 8.87. The predicted octanol–water partition coefficient (Wildman–Crippen LogP) is 5.14. The van der Waals surface area contributed by atoms with Gasteiger partial charge in [-0.3, -0.25) is 9.67 Å². The van der Waals surface area contributed by atoms with Gasteiger partial charge in [-0.1, -0.05) is 6.92 Å². The van der Waals surface area contributed by atoms with E-state index in [0.717, 1.165) is 26.9 Å². The summed E-state index contributed by atoms with van der Waals surface area (Å²) in [5.74, 6) is -1.58. The molecule has 30 heavy (non-hydrogen) atoms. The van der Waals surface area contributed by atoms with Gasteiger partial charge < -0.3 is 10.4 Å². The fraction of sp³-hybridized carbons (Fsp3) is 0.318. The Morgan fingerprint density at radius 1 is 1.33 bits per heavy atom. The van der Waals surface area contributed by atoms with Crippen molar-refractivity contribution in [3.8, 4) is 11.4 Å². The fourth-order valence-electron chi connectivity index (χ4n) is 4.71. The van der Waals surface area contributed by atoms with Gasteiger partial charge in [0.1, 0.15) is 11.5 Å². The average molecular weight is 473 g/mol. The summed E-state index contributed by atoms with van der Waals surface area (Å²) in [5.41, 5.74) is 4.42. The molecule has 0 saturated carbocycles. The van der Waals surface area contributed by atoms with Gasteiger partial charge >= 0.3 is 5.97 Å². The average Bonchev–Trinajstić information content (AvgIpc) is 3.01. The SMILES string of the molecule is Cc1cc(F)cc(C)c1C(C)C1(C)Nc2c(Br)ccnc2-c2c1c(C(=O)O)nn2C. The van der Waals surface area contributed by atoms with E-state index in [1.54, 1.807) is 17.9 Å². The van der Waals surface area contributed by atoms with Crippen LogP contribution in [0.1, 0.15) is 52.5 Å². The molecule has 3 heterocycles. The number of carbonyl (C=O) groups is 1. The Balaban J connectivity index is 2.04. The number of anilines is 1. The molecule has 156 valence electrons. The minimum atomic E-state index is -1.10. The molecule has 1 aliphatic heterocycles. The van der Waals surface area contributed by atoms with Crippen LogP contribution >= 0.6 is 15.9 Å². The number of aryl methyl sites for hydroxylation is 3. The van der Waals surface area contributed by atoms with E-state index in [-0.39, 0.29) is 17.4 Å². The number of aromatic nitrogens is 3. The Bertz CT molecular complexity index is 1180. The summed E-state index contributed by atoms with van der Waals surface area (Å²) in [6, 6.07) is 4.86. The maximum Gasteiger partial charge on any atom is 0.356 e. The number of nitrogens with one attached hydrogen (secondary N) is 1. The molecule has 0 aliphatic carbocycles. The van der Waals surface area contributed by atoms with Crippen LogP contribution in [0.15, 0.2) is 28.9 Å². The van der Waals surface area contributed by atoms with E-state index in [1.807, 2.05) is 33.8 Å². The third-order valence-electron chi connectivity index (χ3n) is 6.14. The molecular formula is C22H22BrFN4O2. The Labute approximate surface area is 182 Å². The highest BCUT2D eigenvalue weighted by Crippen LogP contribution is 2.52. The zero-order chi connectivity index (χ0) is 22.0. The number of aromatic carboxylic acids is 1. The first-order valence-corrected chi connectivity index (χ1v) is 10.4. The Morgan fingerprint density at radius 3 is 2.57 bits per heavy atom. The Hall–Kier alpha value is -2.74. The zero-order valence-electron chi connectivity index (χ0n) is 17.3. The van der Waals surface area contributed by atoms with Gasteiger partial charge in [-0.2, -0.15) is 5.10 Å². The van der Waals surface area contributed by atoms with Gasteiger partial charge in [-0.15, -0.1) is 0 Å². The van der Waals surface area contributed by atoms with E-state index in [0.29, 0.717) is 17.0 Å². The summed E-state index contributed by atoms with van der Waals surface area (Å²) in [6.45, 7) is 7.75. The van der Waals surface area contributed by atoms with Crippen LogP contribution in [0.5, 0.6) is 0 Å². The van der Waals surface area contributed by atoms with Crippen LogP contribution in [0.4, 0.5) is 10.1 Å². The van der Waals surface area contributed by atoms with Crippen LogP contribution < -0.4 is 5.32 Å². The van der Waals surface area contributed by atoms with E-state index in [4.69, 9.17) is 0 Å². The molecule has 2 N–H and O–H groups in total. The van der Waals surface area contributed by atoms with Crippen molar-refractivity contribution in [2.75, 3.05) is 5.32 Å². The number of fused-ring (bicyclic) bond motifs is 3. The lowest BCUT2D eigenvalue weighted by atomic mass is 9.71. The molecule has 3 aromatic rings. The van der Waals surface area contributed by atoms with Crippen LogP contribution in [0, 0.1) is 19.7 Å². The molecule has 1 aliphatic rings. The van der Waals surface area contributed by atoms with Crippen molar-refractivity contribution < 1.29 is 14.3 Å². The van der Waals surface area contributed by atoms with Crippen molar-refractivity contribution >= 4 is 27.6 Å². The number of hydrogen-bond donors (Lipinski definition) is 2. The number of carboxylic acid groups (broad SMARTS) is 1. The van der Waals surface area contributed by atoms with Crippen molar-refractivity contribution in [3.63, 3.8) is 0 Å². The molecule has 0 fully saturated rings. The second-order valence-electron chi connectivity index (χ2n) is 8.02. The second kappa shape index (κ2) is 6.91. The molecular weight excluding hydrogens is 451 g/mol. The molecule has 2 unspecified atom stereocenters. The molecule has 0 saturated heterocycles. The van der Waals surface area contributed by atoms with Gasteiger partial charge in [0, 0.05) is 29.2 Å². The molecule has 2 aromatic heterocycles. The molecule has 0 spiro atoms. The van der Waals surface area contributed by atoms with Crippen LogP contribution in [0.25, 0.3) is 11.4 Å². The summed E-state index contributed by atoms with van der Waals surface area (Å²) in [4.78, 5) is 16.6. The molecule has 2 atom stereocenters. The van der Waals surface area contributed by atoms with Gasteiger partial charge in [0.15, 0.2) is 5.69 Å². The summed E-state index contributed by atoms with van der Waals surface area (Å²) in [7, 11) is 1.72. The highest BCUT2D eigenvalue weighted by molar-refractivity contribution is 9.10. The largest absolute Gasteiger partial charge is 0.476 e. The van der Waals surface area contributed by atoms with Gasteiger partial charge in [0.2, 0.25) is 0 Å². The molecule has 8 heteroatoms. The number of carboxylic acids is 1. The Morgan fingerprint density at radius 2 is 1.97 bits per heavy atom. The first-order valence-electron chi connectivity index (χ1n) is 9.56.